The molecule has 1 amide bonds. The van der Waals surface area contributed by atoms with E-state index in [1.54, 1.807) is 26.0 Å². The molecular formula is C23H30N6O5. The van der Waals surface area contributed by atoms with Gasteiger partial charge in [-0.1, -0.05) is 20.8 Å². The fraction of sp³-hybridized carbons (Fsp3) is 0.435. The van der Waals surface area contributed by atoms with Crippen LogP contribution in [0.3, 0.4) is 0 Å². The molecule has 0 fully saturated rings. The van der Waals surface area contributed by atoms with Crippen molar-refractivity contribution in [3.63, 3.8) is 0 Å². The van der Waals surface area contributed by atoms with Crippen molar-refractivity contribution >= 4 is 17.5 Å². The number of aliphatic hydroxyl groups excluding tert-OH is 1. The number of carbonyl (C=O) groups is 2. The Hall–Kier alpha value is -3.73. The zero-order valence-electron chi connectivity index (χ0n) is 20.2. The first-order valence-electron chi connectivity index (χ1n) is 10.8. The first kappa shape index (κ1) is 24.9. The van der Waals surface area contributed by atoms with Gasteiger partial charge in [-0.25, -0.2) is 9.48 Å². The maximum atomic E-state index is 13.2. The molecule has 2 aromatic heterocycles. The van der Waals surface area contributed by atoms with Crippen LogP contribution in [-0.2, 0) is 12.0 Å². The van der Waals surface area contributed by atoms with E-state index in [4.69, 9.17) is 20.0 Å². The lowest BCUT2D eigenvalue weighted by Crippen LogP contribution is -2.27. The van der Waals surface area contributed by atoms with Crippen LogP contribution in [0.25, 0.3) is 5.65 Å². The molecule has 34 heavy (non-hydrogen) atoms. The summed E-state index contributed by atoms with van der Waals surface area (Å²) < 4.78 is 13.2. The van der Waals surface area contributed by atoms with Crippen molar-refractivity contribution in [2.45, 2.75) is 46.6 Å². The highest BCUT2D eigenvalue weighted by Crippen LogP contribution is 2.28. The Kier molecular flexibility index (Phi) is 7.06. The minimum absolute atomic E-state index is 0.0530. The molecule has 0 spiro atoms. The van der Waals surface area contributed by atoms with E-state index in [1.807, 2.05) is 26.8 Å². The predicted molar refractivity (Wildman–Crippen MR) is 123 cm³/mol. The molecule has 11 heteroatoms. The zero-order valence-corrected chi connectivity index (χ0v) is 20.2. The van der Waals surface area contributed by atoms with Crippen molar-refractivity contribution in [1.29, 1.82) is 5.41 Å². The summed E-state index contributed by atoms with van der Waals surface area (Å²) in [5.74, 6) is 0.274. The molecule has 0 saturated heterocycles. The monoisotopic (exact) mass is 470 g/mol. The van der Waals surface area contributed by atoms with Gasteiger partial charge >= 0.3 is 6.09 Å². The summed E-state index contributed by atoms with van der Waals surface area (Å²) in [5, 5.41) is 28.6. The molecule has 3 rings (SSSR count). The number of rotatable bonds is 7. The number of aliphatic hydroxyl groups is 1. The van der Waals surface area contributed by atoms with Crippen LogP contribution < -0.4 is 20.4 Å². The number of nitrogens with zero attached hydrogens (tertiary/aromatic N) is 4. The number of hydrogen-bond acceptors (Lipinski definition) is 8. The summed E-state index contributed by atoms with van der Waals surface area (Å²) in [7, 11) is 1.44. The van der Waals surface area contributed by atoms with Crippen LogP contribution in [0, 0.1) is 19.3 Å². The van der Waals surface area contributed by atoms with E-state index in [-0.39, 0.29) is 42.5 Å². The van der Waals surface area contributed by atoms with E-state index in [0.29, 0.717) is 28.1 Å². The van der Waals surface area contributed by atoms with Gasteiger partial charge in [0.2, 0.25) is 11.5 Å². The van der Waals surface area contributed by atoms with E-state index in [9.17, 15) is 9.59 Å². The minimum Gasteiger partial charge on any atom is -0.491 e. The maximum Gasteiger partial charge on any atom is 0.413 e. The number of ether oxygens (including phenoxy) is 2. The lowest BCUT2D eigenvalue weighted by Gasteiger charge is -2.21. The standard InChI is InChI=1S/C23H30N6O5/c1-13-14(2)20(34-22(32)25-6)27-29-19(13)26-28(21(29)24)12-18(31)15-9-16(23(3,4)5)11-17(10-15)33-8-7-30/h9-11,24,30H,7-8,12H2,1-6H3,(H,25,32). The van der Waals surface area contributed by atoms with Crippen LogP contribution in [0.15, 0.2) is 18.2 Å². The van der Waals surface area contributed by atoms with E-state index < -0.39 is 6.09 Å². The number of benzene rings is 1. The van der Waals surface area contributed by atoms with Crippen molar-refractivity contribution in [3.05, 3.63) is 46.1 Å². The van der Waals surface area contributed by atoms with Crippen molar-refractivity contribution in [2.75, 3.05) is 20.3 Å². The van der Waals surface area contributed by atoms with Crippen LogP contribution >= 0.6 is 0 Å². The quantitative estimate of drug-likeness (QED) is 0.447. The summed E-state index contributed by atoms with van der Waals surface area (Å²) in [6.45, 7) is 9.38. The average molecular weight is 471 g/mol. The van der Waals surface area contributed by atoms with Gasteiger partial charge in [0.05, 0.1) is 6.61 Å². The normalized spacial score (nSPS) is 11.5. The largest absolute Gasteiger partial charge is 0.491 e. The van der Waals surface area contributed by atoms with Gasteiger partial charge in [0.1, 0.15) is 18.9 Å². The van der Waals surface area contributed by atoms with Gasteiger partial charge in [0, 0.05) is 23.7 Å². The number of hydrogen-bond donors (Lipinski definition) is 3. The van der Waals surface area contributed by atoms with Gasteiger partial charge in [-0.2, -0.15) is 4.52 Å². The number of Topliss-reactive ketones (excluding diaryl/α,β-unsaturated/α-hetero) is 1. The second-order valence-electron chi connectivity index (χ2n) is 8.90. The molecule has 0 unspecified atom stereocenters. The van der Waals surface area contributed by atoms with E-state index in [0.717, 1.165) is 5.56 Å². The van der Waals surface area contributed by atoms with Crippen molar-refractivity contribution in [2.24, 2.45) is 0 Å². The Bertz CT molecular complexity index is 1300. The van der Waals surface area contributed by atoms with Gasteiger partial charge < -0.3 is 19.9 Å². The number of fused-ring (bicyclic) bond motifs is 1. The topological polar surface area (TPSA) is 144 Å². The molecule has 0 radical (unpaired) electrons. The Labute approximate surface area is 196 Å². The Morgan fingerprint density at radius 3 is 2.47 bits per heavy atom. The summed E-state index contributed by atoms with van der Waals surface area (Å²) >= 11 is 0. The molecule has 1 aromatic carbocycles. The molecule has 11 nitrogen and oxygen atoms in total. The molecule has 0 bridgehead atoms. The van der Waals surface area contributed by atoms with Gasteiger partial charge in [0.15, 0.2) is 11.4 Å². The molecule has 3 N–H and O–H groups in total. The fourth-order valence-electron chi connectivity index (χ4n) is 3.25. The number of nitrogens with one attached hydrogen (secondary N) is 2. The third-order valence-corrected chi connectivity index (χ3v) is 5.41. The van der Waals surface area contributed by atoms with Gasteiger partial charge in [-0.3, -0.25) is 10.2 Å². The zero-order chi connectivity index (χ0) is 25.2. The number of ketones is 1. The lowest BCUT2D eigenvalue weighted by atomic mass is 9.85. The summed E-state index contributed by atoms with van der Waals surface area (Å²) in [6, 6.07) is 5.28. The molecule has 182 valence electrons. The number of aryl methyl sites for hydroxylation is 1. The van der Waals surface area contributed by atoms with E-state index in [2.05, 4.69) is 15.5 Å². The molecule has 0 aliphatic rings. The molecule has 0 aliphatic carbocycles. The molecule has 0 atom stereocenters. The summed E-state index contributed by atoms with van der Waals surface area (Å²) in [5.41, 5.74) is 2.60. The maximum absolute atomic E-state index is 13.2. The highest BCUT2D eigenvalue weighted by molar-refractivity contribution is 5.96. The second kappa shape index (κ2) is 9.64. The third kappa shape index (κ3) is 5.09. The highest BCUT2D eigenvalue weighted by Gasteiger charge is 2.21. The fourth-order valence-corrected chi connectivity index (χ4v) is 3.25. The van der Waals surface area contributed by atoms with Crippen LogP contribution in [-0.4, -0.2) is 56.6 Å². The van der Waals surface area contributed by atoms with Crippen molar-refractivity contribution in [3.8, 4) is 11.6 Å². The van der Waals surface area contributed by atoms with Crippen LogP contribution in [0.5, 0.6) is 11.6 Å². The third-order valence-electron chi connectivity index (χ3n) is 5.41. The highest BCUT2D eigenvalue weighted by atomic mass is 16.6. The molecule has 3 aromatic rings. The molecule has 0 saturated carbocycles. The van der Waals surface area contributed by atoms with Gasteiger partial charge in [0.25, 0.3) is 0 Å². The number of aromatic nitrogens is 4. The second-order valence-corrected chi connectivity index (χ2v) is 8.90. The number of carbonyl (C=O) groups excluding carboxylic acids is 2. The van der Waals surface area contributed by atoms with Crippen LogP contribution in [0.4, 0.5) is 4.79 Å². The predicted octanol–water partition coefficient (Wildman–Crippen LogP) is 1.90. The Balaban J connectivity index is 2.00. The van der Waals surface area contributed by atoms with Gasteiger partial charge in [-0.15, -0.1) is 10.2 Å². The van der Waals surface area contributed by atoms with Crippen LogP contribution in [0.2, 0.25) is 0 Å². The number of amides is 1. The van der Waals surface area contributed by atoms with Crippen molar-refractivity contribution in [1.82, 2.24) is 24.7 Å². The van der Waals surface area contributed by atoms with Gasteiger partial charge in [-0.05, 0) is 43.0 Å². The average Bonchev–Trinajstić information content (AvgIpc) is 3.10. The smallest absolute Gasteiger partial charge is 0.413 e. The summed E-state index contributed by atoms with van der Waals surface area (Å²) in [6.07, 6.45) is -0.679. The molecule has 0 aliphatic heterocycles. The van der Waals surface area contributed by atoms with E-state index >= 15 is 0 Å². The first-order chi connectivity index (χ1) is 16.0. The molecular weight excluding hydrogens is 440 g/mol. The summed E-state index contributed by atoms with van der Waals surface area (Å²) in [4.78, 5) is 24.8. The molecule has 2 heterocycles. The Morgan fingerprint density at radius 2 is 1.85 bits per heavy atom. The van der Waals surface area contributed by atoms with E-state index in [1.165, 1.54) is 16.2 Å². The van der Waals surface area contributed by atoms with Crippen LogP contribution in [0.1, 0.15) is 47.8 Å². The first-order valence-corrected chi connectivity index (χ1v) is 10.8. The van der Waals surface area contributed by atoms with Crippen molar-refractivity contribution < 1.29 is 24.2 Å². The minimum atomic E-state index is -0.679. The Morgan fingerprint density at radius 1 is 1.15 bits per heavy atom. The SMILES string of the molecule is CNC(=O)Oc1nn2c(=N)n(CC(=O)c3cc(OCCO)cc(C(C)(C)C)c3)nc2c(C)c1C. The lowest BCUT2D eigenvalue weighted by molar-refractivity contribution is 0.0965.